The van der Waals surface area contributed by atoms with Gasteiger partial charge in [-0.2, -0.15) is 0 Å². The van der Waals surface area contributed by atoms with Crippen molar-refractivity contribution in [2.45, 2.75) is 18.5 Å². The minimum absolute atomic E-state index is 0.223. The Morgan fingerprint density at radius 2 is 2.12 bits per heavy atom. The highest BCUT2D eigenvalue weighted by Gasteiger charge is 2.28. The SMILES string of the molecule is [B]C(C)(NC)C(O)c1ccc2c(c1)OCO2. The van der Waals surface area contributed by atoms with Crippen molar-refractivity contribution in [1.29, 1.82) is 0 Å². The number of fused-ring (bicyclic) bond motifs is 1. The average Bonchev–Trinajstić information content (AvgIpc) is 2.74. The Balaban J connectivity index is 2.28. The van der Waals surface area contributed by atoms with Gasteiger partial charge in [-0.15, -0.1) is 0 Å². The fourth-order valence-electron chi connectivity index (χ4n) is 1.57. The van der Waals surface area contributed by atoms with Crippen molar-refractivity contribution >= 4 is 7.85 Å². The van der Waals surface area contributed by atoms with E-state index in [9.17, 15) is 5.11 Å². The molecule has 0 bridgehead atoms. The molecule has 16 heavy (non-hydrogen) atoms. The van der Waals surface area contributed by atoms with E-state index >= 15 is 0 Å². The number of ether oxygens (including phenoxy) is 2. The van der Waals surface area contributed by atoms with Crippen molar-refractivity contribution in [2.24, 2.45) is 0 Å². The van der Waals surface area contributed by atoms with E-state index in [0.29, 0.717) is 17.1 Å². The number of likely N-dealkylation sites (N-methyl/N-ethyl adjacent to an activating group) is 1. The molecule has 2 radical (unpaired) electrons. The van der Waals surface area contributed by atoms with Gasteiger partial charge in [-0.25, -0.2) is 0 Å². The lowest BCUT2D eigenvalue weighted by atomic mass is 9.73. The normalized spacial score (nSPS) is 19.2. The second-order valence-corrected chi connectivity index (χ2v) is 4.05. The third-order valence-corrected chi connectivity index (χ3v) is 2.82. The van der Waals surface area contributed by atoms with E-state index in [0.717, 1.165) is 0 Å². The number of hydrogen-bond donors (Lipinski definition) is 2. The number of rotatable bonds is 3. The summed E-state index contributed by atoms with van der Waals surface area (Å²) in [6, 6.07) is 5.29. The Kier molecular flexibility index (Phi) is 2.82. The van der Waals surface area contributed by atoms with Gasteiger partial charge in [-0.05, 0) is 24.7 Å². The molecule has 1 aromatic carbocycles. The number of aliphatic hydroxyl groups excluding tert-OH is 1. The van der Waals surface area contributed by atoms with Crippen LogP contribution in [0.2, 0.25) is 0 Å². The maximum absolute atomic E-state index is 10.1. The summed E-state index contributed by atoms with van der Waals surface area (Å²) in [6.07, 6.45) is -0.813. The fourth-order valence-corrected chi connectivity index (χ4v) is 1.57. The molecule has 0 amide bonds. The molecule has 84 valence electrons. The van der Waals surface area contributed by atoms with E-state index in [4.69, 9.17) is 17.3 Å². The summed E-state index contributed by atoms with van der Waals surface area (Å²) in [5.41, 5.74) is -0.183. The molecule has 0 aromatic heterocycles. The van der Waals surface area contributed by atoms with Gasteiger partial charge in [-0.3, -0.25) is 0 Å². The van der Waals surface area contributed by atoms with E-state index in [-0.39, 0.29) is 6.79 Å². The molecule has 1 aliphatic rings. The maximum atomic E-state index is 10.1. The lowest BCUT2D eigenvalue weighted by Crippen LogP contribution is -2.46. The quantitative estimate of drug-likeness (QED) is 0.729. The zero-order valence-corrected chi connectivity index (χ0v) is 9.36. The molecule has 0 saturated heterocycles. The van der Waals surface area contributed by atoms with Gasteiger partial charge in [0.1, 0.15) is 0 Å². The minimum atomic E-state index is -0.881. The molecule has 1 heterocycles. The van der Waals surface area contributed by atoms with Crippen LogP contribution in [-0.4, -0.2) is 32.2 Å². The summed E-state index contributed by atoms with van der Waals surface area (Å²) in [7, 11) is 7.61. The molecule has 2 rings (SSSR count). The van der Waals surface area contributed by atoms with Gasteiger partial charge in [0.05, 0.1) is 14.0 Å². The Morgan fingerprint density at radius 3 is 2.81 bits per heavy atom. The van der Waals surface area contributed by atoms with Crippen LogP contribution in [-0.2, 0) is 0 Å². The molecule has 4 nitrogen and oxygen atoms in total. The number of hydrogen-bond acceptors (Lipinski definition) is 4. The molecule has 0 fully saturated rings. The van der Waals surface area contributed by atoms with Crippen molar-refractivity contribution in [3.05, 3.63) is 23.8 Å². The van der Waals surface area contributed by atoms with Crippen molar-refractivity contribution in [3.8, 4) is 11.5 Å². The van der Waals surface area contributed by atoms with E-state index in [1.54, 1.807) is 32.2 Å². The van der Waals surface area contributed by atoms with Gasteiger partial charge in [0.15, 0.2) is 11.5 Å². The first-order valence-electron chi connectivity index (χ1n) is 5.10. The summed E-state index contributed by atoms with van der Waals surface area (Å²) in [6.45, 7) is 1.95. The van der Waals surface area contributed by atoms with Crippen LogP contribution in [0.1, 0.15) is 18.6 Å². The number of nitrogens with one attached hydrogen (secondary N) is 1. The van der Waals surface area contributed by atoms with E-state index in [2.05, 4.69) is 5.32 Å². The van der Waals surface area contributed by atoms with Crippen LogP contribution in [0.5, 0.6) is 11.5 Å². The van der Waals surface area contributed by atoms with Gasteiger partial charge in [0.25, 0.3) is 0 Å². The second-order valence-electron chi connectivity index (χ2n) is 4.05. The van der Waals surface area contributed by atoms with E-state index in [1.165, 1.54) is 0 Å². The van der Waals surface area contributed by atoms with Gasteiger partial charge < -0.3 is 19.9 Å². The van der Waals surface area contributed by atoms with Crippen LogP contribution in [0.3, 0.4) is 0 Å². The number of aliphatic hydroxyl groups is 1. The molecule has 1 aliphatic heterocycles. The monoisotopic (exact) mass is 219 g/mol. The summed E-state index contributed by atoms with van der Waals surface area (Å²) < 4.78 is 10.4. The first-order chi connectivity index (χ1) is 7.54. The van der Waals surface area contributed by atoms with Crippen molar-refractivity contribution in [1.82, 2.24) is 5.32 Å². The third-order valence-electron chi connectivity index (χ3n) is 2.82. The average molecular weight is 219 g/mol. The van der Waals surface area contributed by atoms with Crippen LogP contribution in [0.15, 0.2) is 18.2 Å². The van der Waals surface area contributed by atoms with Gasteiger partial charge in [0.2, 0.25) is 6.79 Å². The third kappa shape index (κ3) is 1.88. The largest absolute Gasteiger partial charge is 0.454 e. The molecule has 2 unspecified atom stereocenters. The molecule has 0 aliphatic carbocycles. The Hall–Kier alpha value is -1.20. The summed E-state index contributed by atoms with van der Waals surface area (Å²) >= 11 is 0. The minimum Gasteiger partial charge on any atom is -0.454 e. The molecular formula is C11H14BNO3. The number of benzene rings is 1. The van der Waals surface area contributed by atoms with Crippen LogP contribution >= 0.6 is 0 Å². The second kappa shape index (κ2) is 3.99. The first-order valence-corrected chi connectivity index (χ1v) is 5.10. The van der Waals surface area contributed by atoms with Gasteiger partial charge >= 0.3 is 0 Å². The van der Waals surface area contributed by atoms with Crippen LogP contribution in [0, 0.1) is 0 Å². The molecule has 0 spiro atoms. The van der Waals surface area contributed by atoms with Crippen molar-refractivity contribution in [3.63, 3.8) is 0 Å². The highest BCUT2D eigenvalue weighted by atomic mass is 16.7. The molecule has 1 aromatic rings. The standard InChI is InChI=1S/C11H14BNO3/c1-11(12,13-2)10(14)7-3-4-8-9(5-7)16-6-15-8/h3-5,10,13-14H,6H2,1-2H3. The van der Waals surface area contributed by atoms with Crippen LogP contribution < -0.4 is 14.8 Å². The van der Waals surface area contributed by atoms with E-state index in [1.807, 2.05) is 0 Å². The first kappa shape index (κ1) is 11.3. The highest BCUT2D eigenvalue weighted by molar-refractivity contribution is 6.15. The van der Waals surface area contributed by atoms with Crippen LogP contribution in [0.4, 0.5) is 0 Å². The smallest absolute Gasteiger partial charge is 0.231 e. The predicted octanol–water partition coefficient (Wildman–Crippen LogP) is 0.553. The summed E-state index contributed by atoms with van der Waals surface area (Å²) in [5.74, 6) is 1.34. The topological polar surface area (TPSA) is 50.7 Å². The Bertz CT molecular complexity index is 395. The molecular weight excluding hydrogens is 205 g/mol. The van der Waals surface area contributed by atoms with Crippen molar-refractivity contribution in [2.75, 3.05) is 13.8 Å². The summed E-state index contributed by atoms with van der Waals surface area (Å²) in [4.78, 5) is 0. The van der Waals surface area contributed by atoms with Crippen LogP contribution in [0.25, 0.3) is 0 Å². The molecule has 5 heteroatoms. The highest BCUT2D eigenvalue weighted by Crippen LogP contribution is 2.35. The van der Waals surface area contributed by atoms with E-state index < -0.39 is 11.5 Å². The predicted molar refractivity (Wildman–Crippen MR) is 60.7 cm³/mol. The Labute approximate surface area is 96.0 Å². The van der Waals surface area contributed by atoms with Crippen molar-refractivity contribution < 1.29 is 14.6 Å². The lowest BCUT2D eigenvalue weighted by molar-refractivity contribution is 0.119. The zero-order chi connectivity index (χ0) is 11.8. The molecule has 0 saturated carbocycles. The van der Waals surface area contributed by atoms with Gasteiger partial charge in [-0.1, -0.05) is 13.0 Å². The Morgan fingerprint density at radius 1 is 1.44 bits per heavy atom. The summed E-state index contributed by atoms with van der Waals surface area (Å²) in [5, 5.41) is 13.0. The lowest BCUT2D eigenvalue weighted by Gasteiger charge is -2.31. The molecule has 2 N–H and O–H groups in total. The fraction of sp³-hybridized carbons (Fsp3) is 0.455. The maximum Gasteiger partial charge on any atom is 0.231 e. The zero-order valence-electron chi connectivity index (χ0n) is 9.36. The molecule has 2 atom stereocenters. The van der Waals surface area contributed by atoms with Gasteiger partial charge in [0, 0.05) is 5.44 Å².